The summed E-state index contributed by atoms with van der Waals surface area (Å²) < 4.78 is 6.55. The molecule has 2 bridgehead atoms. The molecule has 1 fully saturated rings. The summed E-state index contributed by atoms with van der Waals surface area (Å²) in [6, 6.07) is 6.52. The molecule has 1 N–H and O–H groups in total. The predicted octanol–water partition coefficient (Wildman–Crippen LogP) is 4.39. The summed E-state index contributed by atoms with van der Waals surface area (Å²) in [4.78, 5) is 0. The van der Waals surface area contributed by atoms with Crippen LogP contribution in [0, 0.1) is 11.8 Å². The van der Waals surface area contributed by atoms with E-state index in [-0.39, 0.29) is 11.7 Å². The summed E-state index contributed by atoms with van der Waals surface area (Å²) in [5.41, 5.74) is 3.79. The number of rotatable bonds is 1. The van der Waals surface area contributed by atoms with Gasteiger partial charge in [0.15, 0.2) is 0 Å². The average Bonchev–Trinajstić information content (AvgIpc) is 2.92. The van der Waals surface area contributed by atoms with Crippen molar-refractivity contribution in [1.82, 2.24) is 10.2 Å². The van der Waals surface area contributed by atoms with Gasteiger partial charge in [0.25, 0.3) is 0 Å². The van der Waals surface area contributed by atoms with Crippen LogP contribution < -0.4 is 0 Å². The van der Waals surface area contributed by atoms with Gasteiger partial charge in [-0.05, 0) is 57.2 Å². The second-order valence-corrected chi connectivity index (χ2v) is 7.08. The molecule has 1 aromatic carbocycles. The first kappa shape index (κ1) is 13.1. The van der Waals surface area contributed by atoms with Gasteiger partial charge in [-0.2, -0.15) is 5.10 Å². The molecule has 0 spiro atoms. The smallest absolute Gasteiger partial charge is 0.0897 e. The number of allylic oxidation sites excluding steroid dienone is 1. The largest absolute Gasteiger partial charge is 0.367 e. The lowest BCUT2D eigenvalue weighted by molar-refractivity contribution is -0.166. The third-order valence-corrected chi connectivity index (χ3v) is 5.42. The normalized spacial score (nSPS) is 31.2. The van der Waals surface area contributed by atoms with E-state index in [1.54, 1.807) is 0 Å². The van der Waals surface area contributed by atoms with Crippen molar-refractivity contribution in [3.8, 4) is 0 Å². The molecule has 3 unspecified atom stereocenters. The molecule has 2 aromatic rings. The number of hydrogen-bond acceptors (Lipinski definition) is 2. The van der Waals surface area contributed by atoms with E-state index >= 15 is 0 Å². The summed E-state index contributed by atoms with van der Waals surface area (Å²) in [6.45, 7) is 6.74. The van der Waals surface area contributed by atoms with E-state index < -0.39 is 0 Å². The maximum atomic E-state index is 6.55. The molecule has 3 atom stereocenters. The molecule has 3 nitrogen and oxygen atoms in total. The first-order valence-electron chi connectivity index (χ1n) is 7.82. The highest BCUT2D eigenvalue weighted by atomic mass is 16.5. The Morgan fingerprint density at radius 3 is 3.05 bits per heavy atom. The van der Waals surface area contributed by atoms with E-state index in [1.807, 2.05) is 6.20 Å². The van der Waals surface area contributed by atoms with Crippen molar-refractivity contribution in [3.05, 3.63) is 41.6 Å². The van der Waals surface area contributed by atoms with E-state index in [0.717, 1.165) is 17.3 Å². The number of aromatic nitrogens is 2. The topological polar surface area (TPSA) is 37.9 Å². The maximum Gasteiger partial charge on any atom is 0.0897 e. The Bertz CT molecular complexity index is 713. The monoisotopic (exact) mass is 282 g/mol. The molecular weight excluding hydrogens is 260 g/mol. The highest BCUT2D eigenvalue weighted by molar-refractivity contribution is 5.78. The van der Waals surface area contributed by atoms with Gasteiger partial charge in [0.2, 0.25) is 0 Å². The van der Waals surface area contributed by atoms with Gasteiger partial charge in [-0.25, -0.2) is 0 Å². The number of aromatic amines is 1. The molecule has 1 saturated heterocycles. The fourth-order valence-electron chi connectivity index (χ4n) is 3.94. The zero-order valence-corrected chi connectivity index (χ0v) is 12.9. The minimum Gasteiger partial charge on any atom is -0.367 e. The molecule has 0 saturated carbocycles. The number of fused-ring (bicyclic) bond motifs is 3. The van der Waals surface area contributed by atoms with E-state index in [1.165, 1.54) is 17.6 Å². The van der Waals surface area contributed by atoms with Gasteiger partial charge in [-0.1, -0.05) is 17.7 Å². The van der Waals surface area contributed by atoms with Crippen molar-refractivity contribution in [2.45, 2.75) is 45.3 Å². The molecule has 110 valence electrons. The van der Waals surface area contributed by atoms with Crippen molar-refractivity contribution in [2.24, 2.45) is 11.8 Å². The van der Waals surface area contributed by atoms with Crippen LogP contribution in [0.1, 0.15) is 45.3 Å². The molecule has 1 aliphatic carbocycles. The lowest BCUT2D eigenvalue weighted by atomic mass is 9.69. The van der Waals surface area contributed by atoms with Crippen molar-refractivity contribution in [3.63, 3.8) is 0 Å². The van der Waals surface area contributed by atoms with Gasteiger partial charge in [0.05, 0.1) is 23.4 Å². The molecule has 2 aliphatic rings. The Hall–Kier alpha value is -1.61. The standard InChI is InChI=1S/C18H22N2O/c1-11-4-6-14-9-15(11)17(21-18(14,2)3)12-5-7-16-13(8-12)10-19-20-16/h4-5,7-8,10,14-15,17H,6,9H2,1-3H3,(H,19,20). The lowest BCUT2D eigenvalue weighted by Crippen LogP contribution is -2.45. The summed E-state index contributed by atoms with van der Waals surface area (Å²) >= 11 is 0. The van der Waals surface area contributed by atoms with Crippen LogP contribution in [0.25, 0.3) is 10.9 Å². The highest BCUT2D eigenvalue weighted by Gasteiger charge is 2.45. The van der Waals surface area contributed by atoms with Crippen LogP contribution in [0.3, 0.4) is 0 Å². The molecular formula is C18H22N2O. The van der Waals surface area contributed by atoms with Gasteiger partial charge >= 0.3 is 0 Å². The number of nitrogens with one attached hydrogen (secondary N) is 1. The zero-order chi connectivity index (χ0) is 14.6. The Morgan fingerprint density at radius 2 is 2.19 bits per heavy atom. The molecule has 21 heavy (non-hydrogen) atoms. The molecule has 1 aromatic heterocycles. The van der Waals surface area contributed by atoms with Crippen molar-refractivity contribution < 1.29 is 4.74 Å². The van der Waals surface area contributed by atoms with Crippen molar-refractivity contribution in [1.29, 1.82) is 0 Å². The summed E-state index contributed by atoms with van der Waals surface area (Å²) in [5.74, 6) is 1.15. The van der Waals surface area contributed by atoms with Crippen molar-refractivity contribution in [2.75, 3.05) is 0 Å². The number of hydrogen-bond donors (Lipinski definition) is 1. The molecule has 4 rings (SSSR count). The van der Waals surface area contributed by atoms with Crippen LogP contribution >= 0.6 is 0 Å². The molecule has 0 amide bonds. The number of H-pyrrole nitrogens is 1. The second kappa shape index (κ2) is 4.44. The SMILES string of the molecule is CC1=CCC2CC1C(c1ccc3[nH]ncc3c1)OC2(C)C. The van der Waals surface area contributed by atoms with Gasteiger partial charge in [0, 0.05) is 11.3 Å². The van der Waals surface area contributed by atoms with Crippen LogP contribution in [0.5, 0.6) is 0 Å². The Labute approximate surface area is 125 Å². The minimum absolute atomic E-state index is 0.0519. The Kier molecular flexibility index (Phi) is 2.77. The van der Waals surface area contributed by atoms with Gasteiger partial charge in [0.1, 0.15) is 0 Å². The molecule has 2 heterocycles. The van der Waals surface area contributed by atoms with E-state index in [4.69, 9.17) is 4.74 Å². The zero-order valence-electron chi connectivity index (χ0n) is 12.9. The first-order chi connectivity index (χ1) is 10.0. The fourth-order valence-corrected chi connectivity index (χ4v) is 3.94. The highest BCUT2D eigenvalue weighted by Crippen LogP contribution is 2.51. The average molecular weight is 282 g/mol. The second-order valence-electron chi connectivity index (χ2n) is 7.08. The van der Waals surface area contributed by atoms with Crippen LogP contribution in [0.15, 0.2) is 36.0 Å². The summed E-state index contributed by atoms with van der Waals surface area (Å²) in [7, 11) is 0. The number of benzene rings is 1. The first-order valence-corrected chi connectivity index (χ1v) is 7.82. The number of ether oxygens (including phenoxy) is 1. The van der Waals surface area contributed by atoms with Crippen LogP contribution in [-0.2, 0) is 4.74 Å². The number of nitrogens with zero attached hydrogens (tertiary/aromatic N) is 1. The molecule has 1 aliphatic heterocycles. The molecule has 3 heteroatoms. The fraction of sp³-hybridized carbons (Fsp3) is 0.500. The van der Waals surface area contributed by atoms with E-state index in [0.29, 0.717) is 11.8 Å². The van der Waals surface area contributed by atoms with Gasteiger partial charge in [-0.15, -0.1) is 0 Å². The van der Waals surface area contributed by atoms with Gasteiger partial charge in [-0.3, -0.25) is 5.10 Å². The van der Waals surface area contributed by atoms with Crippen molar-refractivity contribution >= 4 is 10.9 Å². The van der Waals surface area contributed by atoms with E-state index in [9.17, 15) is 0 Å². The molecule has 0 radical (unpaired) electrons. The maximum absolute atomic E-state index is 6.55. The van der Waals surface area contributed by atoms with E-state index in [2.05, 4.69) is 55.2 Å². The van der Waals surface area contributed by atoms with Crippen LogP contribution in [0.2, 0.25) is 0 Å². The third kappa shape index (κ3) is 2.03. The summed E-state index contributed by atoms with van der Waals surface area (Å²) in [5, 5.41) is 8.29. The Balaban J connectivity index is 1.78. The Morgan fingerprint density at radius 1 is 1.33 bits per heavy atom. The lowest BCUT2D eigenvalue weighted by Gasteiger charge is -2.49. The quantitative estimate of drug-likeness (QED) is 0.788. The third-order valence-electron chi connectivity index (χ3n) is 5.42. The minimum atomic E-state index is -0.0519. The van der Waals surface area contributed by atoms with Crippen LogP contribution in [0.4, 0.5) is 0 Å². The predicted molar refractivity (Wildman–Crippen MR) is 84.0 cm³/mol. The summed E-state index contributed by atoms with van der Waals surface area (Å²) in [6.07, 6.45) is 6.87. The van der Waals surface area contributed by atoms with Gasteiger partial charge < -0.3 is 4.74 Å². The van der Waals surface area contributed by atoms with Crippen LogP contribution in [-0.4, -0.2) is 15.8 Å².